The van der Waals surface area contributed by atoms with Crippen molar-refractivity contribution in [2.75, 3.05) is 30.1 Å². The molecule has 0 aliphatic rings. The van der Waals surface area contributed by atoms with Crippen LogP contribution < -0.4 is 10.6 Å². The minimum Gasteiger partial charge on any atom is -0.504 e. The van der Waals surface area contributed by atoms with Crippen molar-refractivity contribution >= 4 is 62.0 Å². The first-order valence-corrected chi connectivity index (χ1v) is 10.2. The van der Waals surface area contributed by atoms with E-state index in [0.717, 1.165) is 0 Å². The number of methoxy groups -OCH3 is 1. The Morgan fingerprint density at radius 3 is 2.41 bits per heavy atom. The van der Waals surface area contributed by atoms with E-state index in [2.05, 4.69) is 10.6 Å². The molecule has 11 heteroatoms. The maximum absolute atomic E-state index is 12.4. The van der Waals surface area contributed by atoms with Crippen molar-refractivity contribution in [2.24, 2.45) is 0 Å². The highest BCUT2D eigenvalue weighted by Gasteiger charge is 2.25. The van der Waals surface area contributed by atoms with Gasteiger partial charge in [-0.15, -0.1) is 0 Å². The summed E-state index contributed by atoms with van der Waals surface area (Å²) in [5.74, 6) is -1.06. The predicted molar refractivity (Wildman–Crippen MR) is 106 cm³/mol. The SMILES string of the molecule is COCCS(=O)(=O)c1c(Cl)ccc(NC(=O)Nc2cccc(Cl)c2Cl)c1O. The molecule has 7 nitrogen and oxygen atoms in total. The molecule has 2 amide bonds. The van der Waals surface area contributed by atoms with Crippen molar-refractivity contribution in [2.45, 2.75) is 4.90 Å². The minimum atomic E-state index is -3.93. The lowest BCUT2D eigenvalue weighted by atomic mass is 10.3. The van der Waals surface area contributed by atoms with Crippen LogP contribution in [0.1, 0.15) is 0 Å². The highest BCUT2D eigenvalue weighted by molar-refractivity contribution is 7.91. The van der Waals surface area contributed by atoms with Gasteiger partial charge in [0.05, 0.1) is 38.8 Å². The number of anilines is 2. The third-order valence-corrected chi connectivity index (χ3v) is 6.38. The van der Waals surface area contributed by atoms with Gasteiger partial charge in [0, 0.05) is 7.11 Å². The second-order valence-electron chi connectivity index (χ2n) is 5.26. The average molecular weight is 454 g/mol. The fourth-order valence-electron chi connectivity index (χ4n) is 2.11. The summed E-state index contributed by atoms with van der Waals surface area (Å²) in [5.41, 5.74) is 0.0918. The number of benzene rings is 2. The fourth-order valence-corrected chi connectivity index (χ4v) is 4.33. The van der Waals surface area contributed by atoms with Gasteiger partial charge in [0.1, 0.15) is 4.90 Å². The first kappa shape index (κ1) is 21.6. The van der Waals surface area contributed by atoms with E-state index in [-0.39, 0.29) is 38.8 Å². The molecule has 2 rings (SSSR count). The Bertz CT molecular complexity index is 967. The van der Waals surface area contributed by atoms with Gasteiger partial charge >= 0.3 is 6.03 Å². The Morgan fingerprint density at radius 1 is 1.07 bits per heavy atom. The molecule has 0 aromatic heterocycles. The number of sulfone groups is 1. The van der Waals surface area contributed by atoms with Gasteiger partial charge < -0.3 is 20.5 Å². The summed E-state index contributed by atoms with van der Waals surface area (Å²) in [7, 11) is -2.58. The third kappa shape index (κ3) is 5.18. The summed E-state index contributed by atoms with van der Waals surface area (Å²) in [6, 6.07) is 6.42. The molecule has 2 aromatic rings. The Labute approximate surface area is 171 Å². The van der Waals surface area contributed by atoms with E-state index >= 15 is 0 Å². The van der Waals surface area contributed by atoms with Gasteiger partial charge in [0.2, 0.25) is 0 Å². The Morgan fingerprint density at radius 2 is 1.74 bits per heavy atom. The number of nitrogens with one attached hydrogen (secondary N) is 2. The molecule has 27 heavy (non-hydrogen) atoms. The molecule has 0 saturated heterocycles. The van der Waals surface area contributed by atoms with Crippen molar-refractivity contribution in [3.05, 3.63) is 45.4 Å². The van der Waals surface area contributed by atoms with E-state index in [1.807, 2.05) is 0 Å². The van der Waals surface area contributed by atoms with E-state index in [0.29, 0.717) is 0 Å². The average Bonchev–Trinajstić information content (AvgIpc) is 2.59. The molecule has 0 spiro atoms. The number of halogens is 3. The molecular formula is C16H15Cl3N2O5S. The van der Waals surface area contributed by atoms with Crippen LogP contribution in [0.15, 0.2) is 35.2 Å². The molecule has 0 aliphatic heterocycles. The zero-order valence-corrected chi connectivity index (χ0v) is 17.0. The molecule has 146 valence electrons. The minimum absolute atomic E-state index is 0.0799. The lowest BCUT2D eigenvalue weighted by Gasteiger charge is -2.14. The number of hydrogen-bond acceptors (Lipinski definition) is 5. The van der Waals surface area contributed by atoms with Gasteiger partial charge in [0.25, 0.3) is 0 Å². The monoisotopic (exact) mass is 452 g/mol. The number of phenols is 1. The van der Waals surface area contributed by atoms with Crippen LogP contribution in [0.5, 0.6) is 5.75 Å². The normalized spacial score (nSPS) is 11.3. The van der Waals surface area contributed by atoms with Gasteiger partial charge in [0.15, 0.2) is 15.6 Å². The van der Waals surface area contributed by atoms with E-state index in [1.165, 1.54) is 25.3 Å². The van der Waals surface area contributed by atoms with Crippen molar-refractivity contribution < 1.29 is 23.1 Å². The van der Waals surface area contributed by atoms with Crippen LogP contribution >= 0.6 is 34.8 Å². The molecule has 0 bridgehead atoms. The second kappa shape index (κ2) is 8.99. The lowest BCUT2D eigenvalue weighted by Crippen LogP contribution is -2.20. The number of aromatic hydroxyl groups is 1. The number of rotatable bonds is 6. The Balaban J connectivity index is 2.28. The number of phenolic OH excluding ortho intramolecular Hbond substituents is 1. The van der Waals surface area contributed by atoms with E-state index < -0.39 is 26.5 Å². The van der Waals surface area contributed by atoms with Gasteiger partial charge in [-0.25, -0.2) is 13.2 Å². The number of urea groups is 1. The van der Waals surface area contributed by atoms with Crippen LogP contribution in [0.4, 0.5) is 16.2 Å². The molecule has 0 atom stereocenters. The molecule has 0 saturated carbocycles. The van der Waals surface area contributed by atoms with Crippen LogP contribution in [0.25, 0.3) is 0 Å². The summed E-state index contributed by atoms with van der Waals surface area (Å²) in [4.78, 5) is 11.7. The molecule has 0 unspecified atom stereocenters. The summed E-state index contributed by atoms with van der Waals surface area (Å²) in [6.07, 6.45) is 0. The Hall–Kier alpha value is -1.71. The first-order valence-electron chi connectivity index (χ1n) is 7.42. The van der Waals surface area contributed by atoms with Crippen molar-refractivity contribution in [3.63, 3.8) is 0 Å². The second-order valence-corrected chi connectivity index (χ2v) is 8.50. The van der Waals surface area contributed by atoms with Gasteiger partial charge in [-0.1, -0.05) is 40.9 Å². The smallest absolute Gasteiger partial charge is 0.323 e. The van der Waals surface area contributed by atoms with E-state index in [9.17, 15) is 18.3 Å². The van der Waals surface area contributed by atoms with E-state index in [4.69, 9.17) is 39.5 Å². The van der Waals surface area contributed by atoms with Crippen LogP contribution in [-0.4, -0.2) is 39.0 Å². The standard InChI is InChI=1S/C16H15Cl3N2O5S/c1-26-7-8-27(24,25)15-10(18)5-6-12(14(15)22)21-16(23)20-11-4-2-3-9(17)13(11)19/h2-6,22H,7-8H2,1H3,(H2,20,21,23). The quantitative estimate of drug-likeness (QED) is 0.562. The third-order valence-electron chi connectivity index (χ3n) is 3.40. The van der Waals surface area contributed by atoms with Gasteiger partial charge in [-0.3, -0.25) is 0 Å². The van der Waals surface area contributed by atoms with Crippen molar-refractivity contribution in [1.82, 2.24) is 0 Å². The van der Waals surface area contributed by atoms with Crippen molar-refractivity contribution in [1.29, 1.82) is 0 Å². The van der Waals surface area contributed by atoms with Gasteiger partial charge in [-0.2, -0.15) is 0 Å². The molecule has 0 radical (unpaired) electrons. The van der Waals surface area contributed by atoms with Gasteiger partial charge in [-0.05, 0) is 24.3 Å². The Kier molecular flexibility index (Phi) is 7.19. The number of carbonyl (C=O) groups is 1. The topological polar surface area (TPSA) is 105 Å². The maximum Gasteiger partial charge on any atom is 0.323 e. The first-order chi connectivity index (χ1) is 12.7. The molecule has 0 fully saturated rings. The number of carbonyl (C=O) groups excluding carboxylic acids is 1. The molecular weight excluding hydrogens is 439 g/mol. The lowest BCUT2D eigenvalue weighted by molar-refractivity contribution is 0.217. The highest BCUT2D eigenvalue weighted by Crippen LogP contribution is 2.37. The molecule has 2 aromatic carbocycles. The van der Waals surface area contributed by atoms with Crippen LogP contribution in [0.2, 0.25) is 15.1 Å². The zero-order valence-electron chi connectivity index (χ0n) is 13.9. The highest BCUT2D eigenvalue weighted by atomic mass is 35.5. The summed E-state index contributed by atoms with van der Waals surface area (Å²) >= 11 is 17.8. The summed E-state index contributed by atoms with van der Waals surface area (Å²) < 4.78 is 29.5. The van der Waals surface area contributed by atoms with Crippen molar-refractivity contribution in [3.8, 4) is 5.75 Å². The molecule has 3 N–H and O–H groups in total. The molecule has 0 heterocycles. The predicted octanol–water partition coefficient (Wildman–Crippen LogP) is 4.42. The number of amides is 2. The fraction of sp³-hybridized carbons (Fsp3) is 0.188. The maximum atomic E-state index is 12.4. The molecule has 0 aliphatic carbocycles. The number of ether oxygens (including phenoxy) is 1. The largest absolute Gasteiger partial charge is 0.504 e. The van der Waals surface area contributed by atoms with Crippen LogP contribution in [0, 0.1) is 0 Å². The van der Waals surface area contributed by atoms with Crippen LogP contribution in [-0.2, 0) is 14.6 Å². The zero-order chi connectivity index (χ0) is 20.2. The van der Waals surface area contributed by atoms with Crippen LogP contribution in [0.3, 0.4) is 0 Å². The number of hydrogen-bond donors (Lipinski definition) is 3. The summed E-state index contributed by atoms with van der Waals surface area (Å²) in [5, 5.41) is 15.3. The van der Waals surface area contributed by atoms with E-state index in [1.54, 1.807) is 12.1 Å². The summed E-state index contributed by atoms with van der Waals surface area (Å²) in [6.45, 7) is -0.0799.